The van der Waals surface area contributed by atoms with E-state index in [1.807, 2.05) is 0 Å². The number of rotatable bonds is 7. The second-order valence-corrected chi connectivity index (χ2v) is 9.10. The molecule has 2 aromatic heterocycles. The number of nitrogens with one attached hydrogen (secondary N) is 1. The van der Waals surface area contributed by atoms with E-state index in [9.17, 15) is 13.6 Å². The van der Waals surface area contributed by atoms with Gasteiger partial charge in [0.1, 0.15) is 5.69 Å². The number of hydrogen-bond donors (Lipinski definition) is 1. The first kappa shape index (κ1) is 21.8. The average Bonchev–Trinajstić information content (AvgIpc) is 3.48. The van der Waals surface area contributed by atoms with E-state index >= 15 is 0 Å². The number of anilines is 1. The van der Waals surface area contributed by atoms with Crippen LogP contribution in [0.25, 0.3) is 11.3 Å². The zero-order valence-electron chi connectivity index (χ0n) is 17.9. The summed E-state index contributed by atoms with van der Waals surface area (Å²) in [6, 6.07) is 9.76. The highest BCUT2D eigenvalue weighted by atomic mass is 35.5. The lowest BCUT2D eigenvalue weighted by atomic mass is 10.0. The van der Waals surface area contributed by atoms with Crippen LogP contribution in [-0.2, 0) is 0 Å². The SMILES string of the molecule is Cc1nc(C(CC2CC2)NC(=O)c2ccc(N3CC(F)(F)C3)c(-c3cccc(Cl)c3)n2)no1. The van der Waals surface area contributed by atoms with Gasteiger partial charge in [-0.3, -0.25) is 4.79 Å². The summed E-state index contributed by atoms with van der Waals surface area (Å²) in [5.74, 6) is -1.76. The van der Waals surface area contributed by atoms with Crippen LogP contribution in [0, 0.1) is 12.8 Å². The Labute approximate surface area is 194 Å². The number of aryl methyl sites for hydroxylation is 1. The molecule has 1 atom stereocenters. The van der Waals surface area contributed by atoms with Gasteiger partial charge in [-0.25, -0.2) is 13.8 Å². The van der Waals surface area contributed by atoms with Crippen molar-refractivity contribution < 1.29 is 18.1 Å². The van der Waals surface area contributed by atoms with Crippen molar-refractivity contribution in [2.45, 2.75) is 38.2 Å². The predicted molar refractivity (Wildman–Crippen MR) is 118 cm³/mol. The summed E-state index contributed by atoms with van der Waals surface area (Å²) in [5.41, 5.74) is 1.77. The van der Waals surface area contributed by atoms with Gasteiger partial charge >= 0.3 is 0 Å². The topological polar surface area (TPSA) is 84.2 Å². The molecule has 1 aliphatic heterocycles. The maximum atomic E-state index is 13.5. The van der Waals surface area contributed by atoms with E-state index in [1.54, 1.807) is 48.2 Å². The molecule has 2 aliphatic rings. The largest absolute Gasteiger partial charge is 0.358 e. The number of pyridine rings is 1. The summed E-state index contributed by atoms with van der Waals surface area (Å²) >= 11 is 6.15. The third kappa shape index (κ3) is 4.83. The van der Waals surface area contributed by atoms with Gasteiger partial charge in [-0.15, -0.1) is 0 Å². The maximum Gasteiger partial charge on any atom is 0.282 e. The van der Waals surface area contributed by atoms with Gasteiger partial charge < -0.3 is 14.7 Å². The first-order chi connectivity index (χ1) is 15.8. The minimum atomic E-state index is -2.74. The van der Waals surface area contributed by atoms with Gasteiger partial charge in [0.05, 0.1) is 30.5 Å². The molecule has 7 nitrogen and oxygen atoms in total. The standard InChI is InChI=1S/C23H22ClF2N5O2/c1-13-27-21(30-33-13)18(9-14-5-6-14)29-22(32)17-7-8-19(31-11-23(25,26)12-31)20(28-17)15-3-2-4-16(24)10-15/h2-4,7-8,10,14,18H,5-6,9,11-12H2,1H3,(H,29,32). The Morgan fingerprint density at radius 1 is 1.27 bits per heavy atom. The minimum Gasteiger partial charge on any atom is -0.358 e. The van der Waals surface area contributed by atoms with E-state index in [2.05, 4.69) is 20.4 Å². The van der Waals surface area contributed by atoms with Crippen LogP contribution in [-0.4, -0.2) is 40.0 Å². The fourth-order valence-corrected chi connectivity index (χ4v) is 4.16. The van der Waals surface area contributed by atoms with E-state index < -0.39 is 31.0 Å². The molecule has 10 heteroatoms. The van der Waals surface area contributed by atoms with Gasteiger partial charge in [0.2, 0.25) is 5.89 Å². The second kappa shape index (κ2) is 8.37. The number of carbonyl (C=O) groups is 1. The number of halogens is 3. The minimum absolute atomic E-state index is 0.169. The zero-order chi connectivity index (χ0) is 23.2. The average molecular weight is 474 g/mol. The highest BCUT2D eigenvalue weighted by Crippen LogP contribution is 2.39. The Morgan fingerprint density at radius 3 is 2.70 bits per heavy atom. The van der Waals surface area contributed by atoms with Gasteiger partial charge in [-0.1, -0.05) is 41.7 Å². The molecule has 1 N–H and O–H groups in total. The summed E-state index contributed by atoms with van der Waals surface area (Å²) in [5, 5.41) is 7.43. The smallest absolute Gasteiger partial charge is 0.282 e. The molecule has 0 radical (unpaired) electrons. The fraction of sp³-hybridized carbons (Fsp3) is 0.391. The number of aromatic nitrogens is 3. The molecule has 1 unspecified atom stereocenters. The number of amides is 1. The van der Waals surface area contributed by atoms with Crippen LogP contribution < -0.4 is 10.2 Å². The monoisotopic (exact) mass is 473 g/mol. The van der Waals surface area contributed by atoms with Crippen LogP contribution in [0.3, 0.4) is 0 Å². The Hall–Kier alpha value is -3.07. The van der Waals surface area contributed by atoms with Crippen LogP contribution in [0.1, 0.15) is 47.5 Å². The predicted octanol–water partition coefficient (Wildman–Crippen LogP) is 4.82. The van der Waals surface area contributed by atoms with E-state index in [-0.39, 0.29) is 5.69 Å². The fourth-order valence-electron chi connectivity index (χ4n) is 3.97. The highest BCUT2D eigenvalue weighted by Gasteiger charge is 2.45. The van der Waals surface area contributed by atoms with Crippen molar-refractivity contribution in [3.8, 4) is 11.3 Å². The van der Waals surface area contributed by atoms with E-state index in [1.165, 1.54) is 0 Å². The van der Waals surface area contributed by atoms with Gasteiger partial charge in [0.15, 0.2) is 5.82 Å². The molecule has 1 saturated carbocycles. The second-order valence-electron chi connectivity index (χ2n) is 8.66. The van der Waals surface area contributed by atoms with Gasteiger partial charge in [0, 0.05) is 17.5 Å². The molecule has 1 aromatic carbocycles. The molecule has 1 aliphatic carbocycles. The summed E-state index contributed by atoms with van der Waals surface area (Å²) in [6.07, 6.45) is 2.93. The quantitative estimate of drug-likeness (QED) is 0.529. The van der Waals surface area contributed by atoms with Crippen LogP contribution >= 0.6 is 11.6 Å². The number of alkyl halides is 2. The van der Waals surface area contributed by atoms with Gasteiger partial charge in [-0.05, 0) is 36.6 Å². The molecule has 2 fully saturated rings. The normalized spacial score (nSPS) is 18.0. The first-order valence-corrected chi connectivity index (χ1v) is 11.2. The van der Waals surface area contributed by atoms with Crippen LogP contribution in [0.2, 0.25) is 5.02 Å². The van der Waals surface area contributed by atoms with Crippen LogP contribution in [0.5, 0.6) is 0 Å². The van der Waals surface area contributed by atoms with Crippen LogP contribution in [0.15, 0.2) is 40.9 Å². The van der Waals surface area contributed by atoms with E-state index in [0.29, 0.717) is 46.0 Å². The summed E-state index contributed by atoms with van der Waals surface area (Å²) < 4.78 is 32.2. The Morgan fingerprint density at radius 2 is 2.06 bits per heavy atom. The number of benzene rings is 1. The van der Waals surface area contributed by atoms with Crippen LogP contribution in [0.4, 0.5) is 14.5 Å². The molecule has 0 spiro atoms. The maximum absolute atomic E-state index is 13.5. The van der Waals surface area contributed by atoms with Crippen molar-refractivity contribution in [2.24, 2.45) is 5.92 Å². The molecule has 5 rings (SSSR count). The molecule has 1 saturated heterocycles. The first-order valence-electron chi connectivity index (χ1n) is 10.8. The Bertz CT molecular complexity index is 1190. The molecule has 1 amide bonds. The number of nitrogens with zero attached hydrogens (tertiary/aromatic N) is 4. The summed E-state index contributed by atoms with van der Waals surface area (Å²) in [7, 11) is 0. The molecule has 3 heterocycles. The van der Waals surface area contributed by atoms with E-state index in [0.717, 1.165) is 12.8 Å². The summed E-state index contributed by atoms with van der Waals surface area (Å²) in [4.78, 5) is 23.5. The van der Waals surface area contributed by atoms with Gasteiger partial charge in [0.25, 0.3) is 11.8 Å². The third-order valence-corrected chi connectivity index (χ3v) is 6.05. The molecule has 33 heavy (non-hydrogen) atoms. The molecular formula is C23H22ClF2N5O2. The Kier molecular flexibility index (Phi) is 5.52. The molecule has 0 bridgehead atoms. The van der Waals surface area contributed by atoms with Gasteiger partial charge in [-0.2, -0.15) is 4.98 Å². The lowest BCUT2D eigenvalue weighted by Gasteiger charge is -2.41. The van der Waals surface area contributed by atoms with Crippen molar-refractivity contribution in [3.63, 3.8) is 0 Å². The van der Waals surface area contributed by atoms with Crippen molar-refractivity contribution in [1.29, 1.82) is 0 Å². The van der Waals surface area contributed by atoms with Crippen molar-refractivity contribution in [1.82, 2.24) is 20.4 Å². The zero-order valence-corrected chi connectivity index (χ0v) is 18.6. The van der Waals surface area contributed by atoms with E-state index in [4.69, 9.17) is 16.1 Å². The highest BCUT2D eigenvalue weighted by molar-refractivity contribution is 6.30. The number of hydrogen-bond acceptors (Lipinski definition) is 6. The molecule has 3 aromatic rings. The van der Waals surface area contributed by atoms with Crippen molar-refractivity contribution in [2.75, 3.05) is 18.0 Å². The lowest BCUT2D eigenvalue weighted by molar-refractivity contribution is -0.0262. The molecular weight excluding hydrogens is 452 g/mol. The number of carbonyl (C=O) groups excluding carboxylic acids is 1. The Balaban J connectivity index is 1.44. The summed E-state index contributed by atoms with van der Waals surface area (Å²) in [6.45, 7) is 0.909. The van der Waals surface area contributed by atoms with Crippen molar-refractivity contribution >= 4 is 23.2 Å². The van der Waals surface area contributed by atoms with Crippen molar-refractivity contribution in [3.05, 3.63) is 58.8 Å². The third-order valence-electron chi connectivity index (χ3n) is 5.82. The lowest BCUT2D eigenvalue weighted by Crippen LogP contribution is -2.56. The molecule has 172 valence electrons.